The molecule has 20 heavy (non-hydrogen) atoms. The number of hydrogen-bond donors (Lipinski definition) is 1. The van der Waals surface area contributed by atoms with E-state index in [0.29, 0.717) is 6.10 Å². The van der Waals surface area contributed by atoms with Gasteiger partial charge in [-0.25, -0.2) is 4.98 Å². The van der Waals surface area contributed by atoms with Crippen LogP contribution >= 0.6 is 11.3 Å². The van der Waals surface area contributed by atoms with E-state index >= 15 is 0 Å². The van der Waals surface area contributed by atoms with Gasteiger partial charge in [0.25, 0.3) is 0 Å². The van der Waals surface area contributed by atoms with Gasteiger partial charge < -0.3 is 14.8 Å². The maximum absolute atomic E-state index is 5.51. The number of rotatable bonds is 8. The number of unbranched alkanes of at least 4 members (excludes halogenated alkanes) is 1. The van der Waals surface area contributed by atoms with Crippen LogP contribution in [0.2, 0.25) is 0 Å². The van der Waals surface area contributed by atoms with Crippen LogP contribution in [0.3, 0.4) is 0 Å². The lowest BCUT2D eigenvalue weighted by Gasteiger charge is -2.07. The molecule has 0 saturated carbocycles. The molecule has 0 amide bonds. The quantitative estimate of drug-likeness (QED) is 0.749. The van der Waals surface area contributed by atoms with Crippen LogP contribution < -0.4 is 10.1 Å². The number of hydrogen-bond acceptors (Lipinski definition) is 5. The van der Waals surface area contributed by atoms with E-state index in [-0.39, 0.29) is 0 Å². The molecule has 0 atom stereocenters. The first-order chi connectivity index (χ1) is 9.69. The molecule has 0 aliphatic heterocycles. The van der Waals surface area contributed by atoms with Crippen LogP contribution in [-0.2, 0) is 4.74 Å². The van der Waals surface area contributed by atoms with Crippen LogP contribution in [-0.4, -0.2) is 31.3 Å². The van der Waals surface area contributed by atoms with E-state index in [1.54, 1.807) is 18.4 Å². The first-order valence-corrected chi connectivity index (χ1v) is 7.80. The molecule has 1 heterocycles. The van der Waals surface area contributed by atoms with Crippen molar-refractivity contribution < 1.29 is 9.47 Å². The van der Waals surface area contributed by atoms with E-state index < -0.39 is 0 Å². The summed E-state index contributed by atoms with van der Waals surface area (Å²) in [4.78, 5) is 4.55. The first kappa shape index (κ1) is 15.1. The third-order valence-electron chi connectivity index (χ3n) is 2.89. The number of methoxy groups -OCH3 is 1. The summed E-state index contributed by atoms with van der Waals surface area (Å²) in [5.41, 5.74) is 1.02. The van der Waals surface area contributed by atoms with Gasteiger partial charge in [0.2, 0.25) is 0 Å². The highest BCUT2D eigenvalue weighted by atomic mass is 32.1. The Labute approximate surface area is 124 Å². The molecule has 1 aromatic heterocycles. The molecule has 0 aliphatic carbocycles. The maximum atomic E-state index is 5.51. The molecular weight excluding hydrogens is 272 g/mol. The number of nitrogens with one attached hydrogen (secondary N) is 1. The summed E-state index contributed by atoms with van der Waals surface area (Å²) in [6.45, 7) is 5.89. The van der Waals surface area contributed by atoms with Crippen LogP contribution in [0.15, 0.2) is 18.2 Å². The summed E-state index contributed by atoms with van der Waals surface area (Å²) in [5.74, 6) is 0.874. The van der Waals surface area contributed by atoms with E-state index in [1.165, 1.54) is 0 Å². The Hall–Kier alpha value is -1.33. The van der Waals surface area contributed by atoms with Crippen molar-refractivity contribution in [2.75, 3.05) is 25.6 Å². The van der Waals surface area contributed by atoms with Crippen LogP contribution in [0.1, 0.15) is 26.7 Å². The van der Waals surface area contributed by atoms with Crippen molar-refractivity contribution in [1.82, 2.24) is 4.98 Å². The van der Waals surface area contributed by atoms with Crippen LogP contribution in [0, 0.1) is 0 Å². The summed E-state index contributed by atoms with van der Waals surface area (Å²) >= 11 is 1.66. The molecule has 0 aliphatic rings. The minimum absolute atomic E-state index is 0.321. The zero-order valence-electron chi connectivity index (χ0n) is 12.3. The smallest absolute Gasteiger partial charge is 0.183 e. The predicted octanol–water partition coefficient (Wildman–Crippen LogP) is 3.92. The van der Waals surface area contributed by atoms with E-state index in [4.69, 9.17) is 9.47 Å². The number of fused-ring (bicyclic) bond motifs is 1. The summed E-state index contributed by atoms with van der Waals surface area (Å²) < 4.78 is 11.9. The Morgan fingerprint density at radius 2 is 2.15 bits per heavy atom. The zero-order chi connectivity index (χ0) is 14.4. The largest absolute Gasteiger partial charge is 0.497 e. The van der Waals surface area contributed by atoms with Crippen molar-refractivity contribution in [2.24, 2.45) is 0 Å². The third-order valence-corrected chi connectivity index (χ3v) is 3.87. The van der Waals surface area contributed by atoms with E-state index in [0.717, 1.165) is 47.1 Å². The van der Waals surface area contributed by atoms with Crippen molar-refractivity contribution in [1.29, 1.82) is 0 Å². The molecule has 0 fully saturated rings. The van der Waals surface area contributed by atoms with E-state index in [2.05, 4.69) is 24.1 Å². The highest BCUT2D eigenvalue weighted by molar-refractivity contribution is 7.22. The molecule has 1 N–H and O–H groups in total. The molecule has 110 valence electrons. The number of nitrogens with zero attached hydrogens (tertiary/aromatic N) is 1. The van der Waals surface area contributed by atoms with E-state index in [1.807, 2.05) is 18.2 Å². The van der Waals surface area contributed by atoms with Gasteiger partial charge in [0.15, 0.2) is 5.13 Å². The summed E-state index contributed by atoms with van der Waals surface area (Å²) in [6, 6.07) is 5.95. The molecule has 0 spiro atoms. The Morgan fingerprint density at radius 3 is 2.90 bits per heavy atom. The standard InChI is InChI=1S/C15H22N2O2S/c1-11(2)19-9-5-4-8-16-15-17-13-7-6-12(18-3)10-14(13)20-15/h6-7,10-11H,4-5,8-9H2,1-3H3,(H,16,17). The average Bonchev–Trinajstić information content (AvgIpc) is 2.83. The van der Waals surface area contributed by atoms with Gasteiger partial charge in [-0.15, -0.1) is 0 Å². The van der Waals surface area contributed by atoms with Crippen molar-refractivity contribution in [2.45, 2.75) is 32.8 Å². The monoisotopic (exact) mass is 294 g/mol. The lowest BCUT2D eigenvalue weighted by atomic mass is 10.3. The van der Waals surface area contributed by atoms with Gasteiger partial charge in [-0.2, -0.15) is 0 Å². The minimum Gasteiger partial charge on any atom is -0.497 e. The van der Waals surface area contributed by atoms with Gasteiger partial charge in [-0.1, -0.05) is 11.3 Å². The highest BCUT2D eigenvalue weighted by Crippen LogP contribution is 2.29. The fraction of sp³-hybridized carbons (Fsp3) is 0.533. The lowest BCUT2D eigenvalue weighted by molar-refractivity contribution is 0.0765. The molecule has 0 unspecified atom stereocenters. The fourth-order valence-corrected chi connectivity index (χ4v) is 2.77. The SMILES string of the molecule is COc1ccc2nc(NCCCCOC(C)C)sc2c1. The van der Waals surface area contributed by atoms with Crippen molar-refractivity contribution in [3.63, 3.8) is 0 Å². The molecule has 5 heteroatoms. The number of aromatic nitrogens is 1. The Bertz CT molecular complexity index is 540. The van der Waals surface area contributed by atoms with E-state index in [9.17, 15) is 0 Å². The topological polar surface area (TPSA) is 43.4 Å². The highest BCUT2D eigenvalue weighted by Gasteiger charge is 2.04. The first-order valence-electron chi connectivity index (χ1n) is 6.99. The van der Waals surface area contributed by atoms with Gasteiger partial charge in [0.1, 0.15) is 5.75 Å². The molecule has 0 radical (unpaired) electrons. The van der Waals surface area contributed by atoms with Gasteiger partial charge in [0.05, 0.1) is 23.4 Å². The summed E-state index contributed by atoms with van der Waals surface area (Å²) in [7, 11) is 1.68. The molecular formula is C15H22N2O2S. The van der Waals surface area contributed by atoms with Crippen LogP contribution in [0.25, 0.3) is 10.2 Å². The normalized spacial score (nSPS) is 11.2. The molecule has 0 bridgehead atoms. The van der Waals surface area contributed by atoms with Crippen LogP contribution in [0.4, 0.5) is 5.13 Å². The molecule has 2 rings (SSSR count). The third kappa shape index (κ3) is 4.35. The number of ether oxygens (including phenoxy) is 2. The molecule has 2 aromatic rings. The number of anilines is 1. The minimum atomic E-state index is 0.321. The molecule has 4 nitrogen and oxygen atoms in total. The van der Waals surface area contributed by atoms with Gasteiger partial charge in [-0.05, 0) is 44.9 Å². The fourth-order valence-electron chi connectivity index (χ4n) is 1.85. The van der Waals surface area contributed by atoms with Gasteiger partial charge >= 0.3 is 0 Å². The number of benzene rings is 1. The lowest BCUT2D eigenvalue weighted by Crippen LogP contribution is -2.06. The predicted molar refractivity (Wildman–Crippen MR) is 85.0 cm³/mol. The average molecular weight is 294 g/mol. The molecule has 1 aromatic carbocycles. The second kappa shape index (κ2) is 7.45. The maximum Gasteiger partial charge on any atom is 0.183 e. The number of thiazole rings is 1. The van der Waals surface area contributed by atoms with Gasteiger partial charge in [0, 0.05) is 13.2 Å². The van der Waals surface area contributed by atoms with Crippen molar-refractivity contribution in [3.05, 3.63) is 18.2 Å². The van der Waals surface area contributed by atoms with Crippen molar-refractivity contribution in [3.8, 4) is 5.75 Å². The zero-order valence-corrected chi connectivity index (χ0v) is 13.1. The molecule has 0 saturated heterocycles. The Morgan fingerprint density at radius 1 is 1.30 bits per heavy atom. The summed E-state index contributed by atoms with van der Waals surface area (Å²) in [5, 5.41) is 4.34. The Balaban J connectivity index is 1.78. The summed E-state index contributed by atoms with van der Waals surface area (Å²) in [6.07, 6.45) is 2.48. The Kier molecular flexibility index (Phi) is 5.61. The van der Waals surface area contributed by atoms with Crippen molar-refractivity contribution >= 4 is 26.7 Å². The second-order valence-corrected chi connectivity index (χ2v) is 5.94. The van der Waals surface area contributed by atoms with Crippen LogP contribution in [0.5, 0.6) is 5.75 Å². The van der Waals surface area contributed by atoms with Gasteiger partial charge in [-0.3, -0.25) is 0 Å². The second-order valence-electron chi connectivity index (χ2n) is 4.91.